The first kappa shape index (κ1) is 17.6. The third kappa shape index (κ3) is 6.10. The van der Waals surface area contributed by atoms with Crippen LogP contribution in [0.2, 0.25) is 0 Å². The van der Waals surface area contributed by atoms with E-state index in [0.29, 0.717) is 13.0 Å². The fourth-order valence-corrected chi connectivity index (χ4v) is 2.71. The second-order valence-corrected chi connectivity index (χ2v) is 5.85. The zero-order chi connectivity index (χ0) is 16.3. The second kappa shape index (κ2) is 10.1. The maximum atomic E-state index is 11.8. The molecule has 0 radical (unpaired) electrons. The van der Waals surface area contributed by atoms with Gasteiger partial charge in [0.2, 0.25) is 5.91 Å². The zero-order valence-electron chi connectivity index (χ0n) is 14.1. The highest BCUT2D eigenvalue weighted by Crippen LogP contribution is 2.26. The van der Waals surface area contributed by atoms with Gasteiger partial charge in [-0.2, -0.15) is 0 Å². The molecule has 1 aromatic rings. The van der Waals surface area contributed by atoms with E-state index in [2.05, 4.69) is 40.7 Å². The quantitative estimate of drug-likeness (QED) is 0.687. The summed E-state index contributed by atoms with van der Waals surface area (Å²) < 4.78 is 5.41. The van der Waals surface area contributed by atoms with Gasteiger partial charge in [-0.15, -0.1) is 0 Å². The lowest BCUT2D eigenvalue weighted by atomic mass is 10.2. The summed E-state index contributed by atoms with van der Waals surface area (Å²) in [5.74, 6) is 0.123. The highest BCUT2D eigenvalue weighted by Gasteiger charge is 2.14. The average Bonchev–Trinajstić information content (AvgIpc) is 2.60. The molecule has 23 heavy (non-hydrogen) atoms. The normalized spacial score (nSPS) is 14.6. The van der Waals surface area contributed by atoms with Gasteiger partial charge in [-0.05, 0) is 18.6 Å². The molecule has 5 nitrogen and oxygen atoms in total. The molecule has 1 heterocycles. The van der Waals surface area contributed by atoms with Gasteiger partial charge in [0.1, 0.15) is 0 Å². The number of ether oxygens (including phenoxy) is 1. The van der Waals surface area contributed by atoms with E-state index < -0.39 is 0 Å². The van der Waals surface area contributed by atoms with Crippen molar-refractivity contribution in [3.8, 4) is 0 Å². The van der Waals surface area contributed by atoms with Crippen molar-refractivity contribution in [3.05, 3.63) is 24.3 Å². The van der Waals surface area contributed by atoms with Crippen molar-refractivity contribution in [3.63, 3.8) is 0 Å². The lowest BCUT2D eigenvalue weighted by Crippen LogP contribution is -2.36. The molecular formula is C18H29N3O2. The van der Waals surface area contributed by atoms with E-state index in [9.17, 15) is 4.79 Å². The van der Waals surface area contributed by atoms with Gasteiger partial charge in [-0.25, -0.2) is 0 Å². The molecule has 1 saturated heterocycles. The Morgan fingerprint density at radius 1 is 1.17 bits per heavy atom. The van der Waals surface area contributed by atoms with Crippen LogP contribution >= 0.6 is 0 Å². The Balaban J connectivity index is 1.76. The van der Waals surface area contributed by atoms with Crippen molar-refractivity contribution in [2.45, 2.75) is 32.6 Å². The molecule has 0 spiro atoms. The smallest absolute Gasteiger partial charge is 0.221 e. The molecule has 0 bridgehead atoms. The molecule has 0 atom stereocenters. The number of rotatable bonds is 9. The number of anilines is 2. The topological polar surface area (TPSA) is 53.6 Å². The number of unbranched alkanes of at least 4 members (excludes halogenated alkanes) is 2. The Hall–Kier alpha value is -1.75. The molecule has 2 rings (SSSR count). The van der Waals surface area contributed by atoms with E-state index in [1.54, 1.807) is 0 Å². The Morgan fingerprint density at radius 3 is 2.74 bits per heavy atom. The van der Waals surface area contributed by atoms with Gasteiger partial charge in [-0.1, -0.05) is 31.9 Å². The molecule has 0 unspecified atom stereocenters. The van der Waals surface area contributed by atoms with Gasteiger partial charge in [0.05, 0.1) is 24.6 Å². The largest absolute Gasteiger partial charge is 0.383 e. The van der Waals surface area contributed by atoms with Gasteiger partial charge in [0, 0.05) is 32.6 Å². The monoisotopic (exact) mass is 319 g/mol. The van der Waals surface area contributed by atoms with Crippen molar-refractivity contribution in [1.29, 1.82) is 0 Å². The minimum Gasteiger partial charge on any atom is -0.383 e. The molecule has 0 aliphatic carbocycles. The molecule has 2 N–H and O–H groups in total. The summed E-state index contributed by atoms with van der Waals surface area (Å²) in [4.78, 5) is 14.1. The van der Waals surface area contributed by atoms with E-state index in [0.717, 1.165) is 45.0 Å². The van der Waals surface area contributed by atoms with E-state index >= 15 is 0 Å². The molecule has 0 saturated carbocycles. The second-order valence-electron chi connectivity index (χ2n) is 5.85. The molecule has 1 aromatic carbocycles. The summed E-state index contributed by atoms with van der Waals surface area (Å²) in [5, 5.41) is 6.38. The number of carbonyl (C=O) groups is 1. The van der Waals surface area contributed by atoms with E-state index in [1.807, 2.05) is 6.07 Å². The number of amides is 1. The van der Waals surface area contributed by atoms with Crippen LogP contribution in [0.4, 0.5) is 11.4 Å². The first-order valence-electron chi connectivity index (χ1n) is 8.73. The number of benzene rings is 1. The van der Waals surface area contributed by atoms with Crippen LogP contribution in [-0.2, 0) is 9.53 Å². The van der Waals surface area contributed by atoms with E-state index in [-0.39, 0.29) is 5.91 Å². The minimum atomic E-state index is 0.123. The van der Waals surface area contributed by atoms with Gasteiger partial charge in [0.25, 0.3) is 0 Å². The number of hydrogen-bond donors (Lipinski definition) is 2. The van der Waals surface area contributed by atoms with Gasteiger partial charge < -0.3 is 20.3 Å². The van der Waals surface area contributed by atoms with Crippen LogP contribution in [0.15, 0.2) is 24.3 Å². The summed E-state index contributed by atoms with van der Waals surface area (Å²) in [5.41, 5.74) is 2.28. The lowest BCUT2D eigenvalue weighted by Gasteiger charge is -2.30. The highest BCUT2D eigenvalue weighted by atomic mass is 16.5. The fraction of sp³-hybridized carbons (Fsp3) is 0.611. The van der Waals surface area contributed by atoms with Crippen LogP contribution in [0.25, 0.3) is 0 Å². The number of nitrogens with one attached hydrogen (secondary N) is 2. The third-order valence-corrected chi connectivity index (χ3v) is 4.03. The van der Waals surface area contributed by atoms with Crippen molar-refractivity contribution in [2.24, 2.45) is 0 Å². The SMILES string of the molecule is CCCCCNC(=O)CCNc1ccccc1N1CCOCC1. The van der Waals surface area contributed by atoms with E-state index in [1.165, 1.54) is 18.5 Å². The molecule has 0 aromatic heterocycles. The maximum Gasteiger partial charge on any atom is 0.221 e. The Kier molecular flexibility index (Phi) is 7.73. The van der Waals surface area contributed by atoms with Crippen LogP contribution in [0.5, 0.6) is 0 Å². The first-order valence-corrected chi connectivity index (χ1v) is 8.73. The predicted octanol–water partition coefficient (Wildman–Crippen LogP) is 2.63. The van der Waals surface area contributed by atoms with Crippen LogP contribution in [0.1, 0.15) is 32.6 Å². The molecule has 1 fully saturated rings. The summed E-state index contributed by atoms with van der Waals surface area (Å²) in [6, 6.07) is 8.27. The number of nitrogens with zero attached hydrogens (tertiary/aromatic N) is 1. The molecule has 1 aliphatic heterocycles. The Morgan fingerprint density at radius 2 is 1.96 bits per heavy atom. The first-order chi connectivity index (χ1) is 11.3. The number of para-hydroxylation sites is 2. The predicted molar refractivity (Wildman–Crippen MR) is 95.1 cm³/mol. The Labute approximate surface area is 139 Å². The van der Waals surface area contributed by atoms with Crippen LogP contribution < -0.4 is 15.5 Å². The zero-order valence-corrected chi connectivity index (χ0v) is 14.1. The molecule has 1 amide bonds. The van der Waals surface area contributed by atoms with Gasteiger partial charge in [-0.3, -0.25) is 4.79 Å². The molecule has 128 valence electrons. The van der Waals surface area contributed by atoms with E-state index in [4.69, 9.17) is 4.74 Å². The van der Waals surface area contributed by atoms with Crippen molar-refractivity contribution >= 4 is 17.3 Å². The number of hydrogen-bond acceptors (Lipinski definition) is 4. The minimum absolute atomic E-state index is 0.123. The van der Waals surface area contributed by atoms with Crippen LogP contribution in [-0.4, -0.2) is 45.3 Å². The molecule has 1 aliphatic rings. The lowest BCUT2D eigenvalue weighted by molar-refractivity contribution is -0.120. The van der Waals surface area contributed by atoms with Gasteiger partial charge in [0.15, 0.2) is 0 Å². The third-order valence-electron chi connectivity index (χ3n) is 4.03. The number of morpholine rings is 1. The summed E-state index contributed by atoms with van der Waals surface area (Å²) in [6.45, 7) is 6.98. The molecule has 5 heteroatoms. The summed E-state index contributed by atoms with van der Waals surface area (Å²) in [7, 11) is 0. The van der Waals surface area contributed by atoms with Crippen molar-refractivity contribution in [1.82, 2.24) is 5.32 Å². The number of carbonyl (C=O) groups excluding carboxylic acids is 1. The summed E-state index contributed by atoms with van der Waals surface area (Å²) in [6.07, 6.45) is 3.92. The molecular weight excluding hydrogens is 290 g/mol. The fourth-order valence-electron chi connectivity index (χ4n) is 2.71. The standard InChI is InChI=1S/C18H29N3O2/c1-2-3-6-10-20-18(22)9-11-19-16-7-4-5-8-17(16)21-12-14-23-15-13-21/h4-5,7-8,19H,2-3,6,9-15H2,1H3,(H,20,22). The Bertz CT molecular complexity index is 473. The maximum absolute atomic E-state index is 11.8. The highest BCUT2D eigenvalue weighted by molar-refractivity contribution is 5.77. The van der Waals surface area contributed by atoms with Crippen LogP contribution in [0, 0.1) is 0 Å². The van der Waals surface area contributed by atoms with Crippen molar-refractivity contribution < 1.29 is 9.53 Å². The average molecular weight is 319 g/mol. The summed E-state index contributed by atoms with van der Waals surface area (Å²) >= 11 is 0. The van der Waals surface area contributed by atoms with Crippen molar-refractivity contribution in [2.75, 3.05) is 49.6 Å². The van der Waals surface area contributed by atoms with Crippen LogP contribution in [0.3, 0.4) is 0 Å². The van der Waals surface area contributed by atoms with Gasteiger partial charge >= 0.3 is 0 Å².